The summed E-state index contributed by atoms with van der Waals surface area (Å²) in [4.78, 5) is 56.7. The maximum atomic E-state index is 14.3. The van der Waals surface area contributed by atoms with Gasteiger partial charge in [-0.2, -0.15) is 0 Å². The highest BCUT2D eigenvalue weighted by atomic mass is 127. The van der Waals surface area contributed by atoms with Gasteiger partial charge in [0.05, 0.1) is 46.9 Å². The molecule has 46 heavy (non-hydrogen) atoms. The molecular formula is C32H29BrCl2IN3O7. The Hall–Kier alpha value is -2.39. The lowest BCUT2D eigenvalue weighted by Gasteiger charge is -2.50. The van der Waals surface area contributed by atoms with Gasteiger partial charge < -0.3 is 19.5 Å². The number of hydrogen-bond donors (Lipinski definition) is 1. The Morgan fingerprint density at radius 2 is 1.70 bits per heavy atom. The maximum Gasteiger partial charge on any atom is 0.254 e. The number of morpholine rings is 1. The highest BCUT2D eigenvalue weighted by Gasteiger charge is 2.76. The van der Waals surface area contributed by atoms with Gasteiger partial charge in [0.1, 0.15) is 0 Å². The molecule has 0 unspecified atom stereocenters. The molecule has 10 nitrogen and oxygen atoms in total. The molecule has 14 heteroatoms. The molecule has 242 valence electrons. The van der Waals surface area contributed by atoms with Gasteiger partial charge in [0.15, 0.2) is 21.2 Å². The molecule has 7 rings (SSSR count). The van der Waals surface area contributed by atoms with Crippen LogP contribution in [0.15, 0.2) is 48.0 Å². The predicted molar refractivity (Wildman–Crippen MR) is 183 cm³/mol. The number of allylic oxidation sites excluding steroid dienone is 2. The van der Waals surface area contributed by atoms with Crippen molar-refractivity contribution in [3.63, 3.8) is 0 Å². The number of aromatic hydroxyl groups is 1. The van der Waals surface area contributed by atoms with E-state index in [2.05, 4.69) is 20.8 Å². The molecule has 2 aliphatic carbocycles. The Labute approximate surface area is 297 Å². The fraction of sp³-hybridized carbons (Fsp3) is 0.438. The van der Waals surface area contributed by atoms with Gasteiger partial charge in [0.2, 0.25) is 11.8 Å². The Bertz CT molecular complexity index is 1700. The van der Waals surface area contributed by atoms with Crippen LogP contribution >= 0.6 is 61.7 Å². The average Bonchev–Trinajstić information content (AvgIpc) is 3.40. The second kappa shape index (κ2) is 11.6. The minimum absolute atomic E-state index is 0.0830. The van der Waals surface area contributed by atoms with E-state index >= 15 is 0 Å². The zero-order chi connectivity index (χ0) is 32.7. The number of fused-ring (bicyclic) bond motifs is 4. The van der Waals surface area contributed by atoms with Crippen LogP contribution in [0, 0.1) is 21.3 Å². The van der Waals surface area contributed by atoms with E-state index in [-0.39, 0.29) is 41.6 Å². The summed E-state index contributed by atoms with van der Waals surface area (Å²) in [5, 5.41) is 10.6. The Kier molecular flexibility index (Phi) is 8.14. The van der Waals surface area contributed by atoms with Gasteiger partial charge in [-0.15, -0.1) is 23.2 Å². The monoisotopic (exact) mass is 843 g/mol. The van der Waals surface area contributed by atoms with Crippen molar-refractivity contribution in [3.8, 4) is 11.5 Å². The lowest BCUT2D eigenvalue weighted by atomic mass is 9.56. The van der Waals surface area contributed by atoms with Gasteiger partial charge in [-0.25, -0.2) is 0 Å². The third-order valence-electron chi connectivity index (χ3n) is 10.1. The molecule has 1 saturated carbocycles. The molecule has 6 atom stereocenters. The number of anilines is 2. The van der Waals surface area contributed by atoms with Gasteiger partial charge >= 0.3 is 0 Å². The van der Waals surface area contributed by atoms with Crippen LogP contribution in [0.25, 0.3) is 0 Å². The van der Waals surface area contributed by atoms with E-state index in [1.54, 1.807) is 24.3 Å². The zero-order valence-corrected chi connectivity index (χ0v) is 29.8. The number of likely N-dealkylation sites (tertiary alicyclic amines) is 1. The van der Waals surface area contributed by atoms with Gasteiger partial charge in [0, 0.05) is 24.7 Å². The lowest BCUT2D eigenvalue weighted by Crippen LogP contribution is -2.60. The summed E-state index contributed by atoms with van der Waals surface area (Å²) in [6, 6.07) is 10.6. The average molecular weight is 845 g/mol. The quantitative estimate of drug-likeness (QED) is 0.151. The number of alkyl halides is 3. The second-order valence-electron chi connectivity index (χ2n) is 12.2. The molecule has 0 bridgehead atoms. The molecule has 2 aromatic carbocycles. The van der Waals surface area contributed by atoms with E-state index < -0.39 is 45.2 Å². The molecule has 2 aromatic rings. The van der Waals surface area contributed by atoms with E-state index in [0.717, 1.165) is 23.7 Å². The van der Waals surface area contributed by atoms with Crippen molar-refractivity contribution < 1.29 is 33.8 Å². The second-order valence-corrected chi connectivity index (χ2v) is 15.1. The van der Waals surface area contributed by atoms with Gasteiger partial charge in [-0.3, -0.25) is 29.0 Å². The molecule has 5 aliphatic rings. The summed E-state index contributed by atoms with van der Waals surface area (Å²) >= 11 is 19.8. The topological polar surface area (TPSA) is 117 Å². The van der Waals surface area contributed by atoms with E-state index in [1.165, 1.54) is 12.0 Å². The molecule has 0 radical (unpaired) electrons. The van der Waals surface area contributed by atoms with Crippen LogP contribution in [0.2, 0.25) is 0 Å². The summed E-state index contributed by atoms with van der Waals surface area (Å²) in [6.45, 7) is 2.78. The van der Waals surface area contributed by atoms with E-state index in [4.69, 9.17) is 32.7 Å². The van der Waals surface area contributed by atoms with Crippen LogP contribution in [0.4, 0.5) is 11.4 Å². The van der Waals surface area contributed by atoms with Crippen molar-refractivity contribution in [1.82, 2.24) is 4.90 Å². The number of carbonyl (C=O) groups excluding carboxylic acids is 4. The van der Waals surface area contributed by atoms with Crippen molar-refractivity contribution in [3.05, 3.63) is 57.2 Å². The fourth-order valence-electron chi connectivity index (χ4n) is 7.93. The minimum Gasteiger partial charge on any atom is -0.504 e. The predicted octanol–water partition coefficient (Wildman–Crippen LogP) is 4.76. The molecule has 3 saturated heterocycles. The first-order valence-corrected chi connectivity index (χ1v) is 17.8. The summed E-state index contributed by atoms with van der Waals surface area (Å²) in [6.07, 6.45) is 2.03. The number of rotatable bonds is 5. The normalized spacial score (nSPS) is 32.4. The first kappa shape index (κ1) is 32.2. The Morgan fingerprint density at radius 3 is 2.35 bits per heavy atom. The van der Waals surface area contributed by atoms with Crippen molar-refractivity contribution in [2.24, 2.45) is 17.8 Å². The number of nitrogens with zero attached hydrogens (tertiary/aromatic N) is 3. The van der Waals surface area contributed by atoms with Crippen LogP contribution < -0.4 is 14.5 Å². The third-order valence-corrected chi connectivity index (χ3v) is 12.8. The minimum atomic E-state index is -1.94. The number of hydrogen-bond acceptors (Lipinski definition) is 8. The number of phenols is 1. The first-order chi connectivity index (χ1) is 22.0. The molecule has 4 amide bonds. The highest BCUT2D eigenvalue weighted by molar-refractivity contribution is 14.1. The van der Waals surface area contributed by atoms with E-state index in [9.17, 15) is 24.3 Å². The van der Waals surface area contributed by atoms with Crippen LogP contribution in [0.3, 0.4) is 0 Å². The summed E-state index contributed by atoms with van der Waals surface area (Å²) < 4.78 is 11.3. The number of methoxy groups -OCH3 is 1. The molecule has 0 spiro atoms. The van der Waals surface area contributed by atoms with Crippen LogP contribution in [0.1, 0.15) is 24.3 Å². The largest absolute Gasteiger partial charge is 0.504 e. The highest BCUT2D eigenvalue weighted by Crippen LogP contribution is 2.66. The standard InChI is InChI=1S/C32H29BrCl2IN3O7/c1-45-23-13-16(12-22(36)26(23)40)25-19-6-7-20-24(21(19)14-31(34)29(43)38(15-33)30(44)32(25,31)35)28(42)39(27(20)41)18-4-2-17(3-5-18)37-8-10-46-11-9-37/h2-6,12-13,20-21,24-25,40H,7-11,14-15H2,1H3/t20-,21+,24-,25-,31+,32-/m0/s1. The van der Waals surface area contributed by atoms with Crippen molar-refractivity contribution >= 4 is 96.7 Å². The number of halogens is 4. The third kappa shape index (κ3) is 4.42. The molecule has 0 aromatic heterocycles. The van der Waals surface area contributed by atoms with Crippen LogP contribution in [0.5, 0.6) is 11.5 Å². The first-order valence-electron chi connectivity index (χ1n) is 14.8. The van der Waals surface area contributed by atoms with Gasteiger partial charge in [-0.1, -0.05) is 27.6 Å². The molecule has 3 heterocycles. The van der Waals surface area contributed by atoms with Crippen molar-refractivity contribution in [2.45, 2.75) is 28.5 Å². The number of carbonyl (C=O) groups is 4. The molecule has 4 fully saturated rings. The van der Waals surface area contributed by atoms with E-state index in [1.807, 2.05) is 40.8 Å². The summed E-state index contributed by atoms with van der Waals surface area (Å²) in [5.41, 5.74) is 2.50. The van der Waals surface area contributed by atoms with Crippen LogP contribution in [-0.2, 0) is 23.9 Å². The van der Waals surface area contributed by atoms with E-state index in [0.29, 0.717) is 33.6 Å². The van der Waals surface area contributed by atoms with Crippen LogP contribution in [-0.4, -0.2) is 82.3 Å². The Morgan fingerprint density at radius 1 is 1.02 bits per heavy atom. The summed E-state index contributed by atoms with van der Waals surface area (Å²) in [5.74, 6) is -5.04. The molecule has 3 aliphatic heterocycles. The zero-order valence-electron chi connectivity index (χ0n) is 24.6. The SMILES string of the molecule is COc1cc([C@H]2C3=CC[C@@H]4C(=O)N(c5ccc(N6CCOCC6)cc5)C(=O)[C@@H]4[C@@H]3C[C@@]3(Cl)C(=O)N(CBr)C(=O)[C@@]23Cl)cc(I)c1O. The van der Waals surface area contributed by atoms with Gasteiger partial charge in [-0.05, 0) is 83.3 Å². The number of ether oxygens (including phenoxy) is 2. The molecular weight excluding hydrogens is 816 g/mol. The van der Waals surface area contributed by atoms with Crippen molar-refractivity contribution in [1.29, 1.82) is 0 Å². The smallest absolute Gasteiger partial charge is 0.254 e. The van der Waals surface area contributed by atoms with Crippen molar-refractivity contribution in [2.75, 3.05) is 48.7 Å². The number of amides is 4. The number of benzene rings is 2. The fourth-order valence-corrected chi connectivity index (χ4v) is 9.98. The lowest BCUT2D eigenvalue weighted by molar-refractivity contribution is -0.138. The number of imide groups is 2. The summed E-state index contributed by atoms with van der Waals surface area (Å²) in [7, 11) is 1.41. The molecule has 1 N–H and O–H groups in total. The Balaban J connectivity index is 1.31. The maximum absolute atomic E-state index is 14.3. The number of phenolic OH excluding ortho intramolecular Hbond substituents is 1. The van der Waals surface area contributed by atoms with Gasteiger partial charge in [0.25, 0.3) is 11.8 Å².